The number of rotatable bonds is 6. The Morgan fingerprint density at radius 1 is 1.25 bits per heavy atom. The van der Waals surface area contributed by atoms with Crippen LogP contribution in [0.4, 0.5) is 0 Å². The van der Waals surface area contributed by atoms with Gasteiger partial charge in [0.05, 0.1) is 0 Å². The topological polar surface area (TPSA) is 46.3 Å². The van der Waals surface area contributed by atoms with Gasteiger partial charge in [-0.1, -0.05) is 42.4 Å². The summed E-state index contributed by atoms with van der Waals surface area (Å²) in [5.74, 6) is -0.0657. The van der Waals surface area contributed by atoms with Crippen molar-refractivity contribution >= 4 is 5.91 Å². The van der Waals surface area contributed by atoms with Crippen molar-refractivity contribution in [2.45, 2.75) is 32.7 Å². The number of nitrogens with zero attached hydrogens (tertiary/aromatic N) is 2. The first-order chi connectivity index (χ1) is 9.76. The van der Waals surface area contributed by atoms with E-state index in [-0.39, 0.29) is 11.9 Å². The highest BCUT2D eigenvalue weighted by Crippen LogP contribution is 2.15. The molecular weight excluding hydrogens is 252 g/mol. The molecule has 0 fully saturated rings. The molecule has 0 radical (unpaired) electrons. The van der Waals surface area contributed by atoms with Gasteiger partial charge in [0.1, 0.15) is 6.26 Å². The van der Waals surface area contributed by atoms with Gasteiger partial charge in [-0.3, -0.25) is 4.79 Å². The maximum atomic E-state index is 12.4. The van der Waals surface area contributed by atoms with E-state index in [2.05, 4.69) is 24.2 Å². The molecule has 0 aliphatic heterocycles. The Morgan fingerprint density at radius 3 is 2.55 bits per heavy atom. The first-order valence-electron chi connectivity index (χ1n) is 7.01. The maximum absolute atomic E-state index is 12.4. The lowest BCUT2D eigenvalue weighted by Crippen LogP contribution is -2.41. The molecule has 0 bridgehead atoms. The third kappa shape index (κ3) is 3.26. The van der Waals surface area contributed by atoms with Crippen LogP contribution in [0.3, 0.4) is 0 Å². The van der Waals surface area contributed by atoms with E-state index in [0.717, 1.165) is 12.8 Å². The standard InChI is InChI=1S/C16H20N2O2/c1-3-14(12-13-8-6-5-7-9-13)18(4-2)16(19)15-10-11-20-17-15/h5-11,14H,3-4,12H2,1-2H3/t14-/m0/s1. The van der Waals surface area contributed by atoms with Crippen LogP contribution in [-0.2, 0) is 6.42 Å². The van der Waals surface area contributed by atoms with Crippen LogP contribution in [0.1, 0.15) is 36.3 Å². The molecule has 1 aromatic carbocycles. The van der Waals surface area contributed by atoms with Crippen molar-refractivity contribution in [3.8, 4) is 0 Å². The minimum absolute atomic E-state index is 0.0657. The molecule has 2 rings (SSSR count). The summed E-state index contributed by atoms with van der Waals surface area (Å²) in [5, 5.41) is 3.74. The van der Waals surface area contributed by atoms with Crippen molar-refractivity contribution in [1.29, 1.82) is 0 Å². The van der Waals surface area contributed by atoms with Gasteiger partial charge in [-0.15, -0.1) is 0 Å². The third-order valence-electron chi connectivity index (χ3n) is 3.48. The second-order valence-electron chi connectivity index (χ2n) is 4.73. The van der Waals surface area contributed by atoms with E-state index in [9.17, 15) is 4.79 Å². The molecule has 4 nitrogen and oxygen atoms in total. The lowest BCUT2D eigenvalue weighted by molar-refractivity contribution is 0.0673. The molecule has 0 unspecified atom stereocenters. The Bertz CT molecular complexity index is 523. The van der Waals surface area contributed by atoms with E-state index in [0.29, 0.717) is 12.2 Å². The number of amides is 1. The van der Waals surface area contributed by atoms with E-state index in [1.54, 1.807) is 6.07 Å². The van der Waals surface area contributed by atoms with Gasteiger partial charge in [0.2, 0.25) is 0 Å². The zero-order chi connectivity index (χ0) is 14.4. The van der Waals surface area contributed by atoms with Crippen LogP contribution < -0.4 is 0 Å². The smallest absolute Gasteiger partial charge is 0.276 e. The summed E-state index contributed by atoms with van der Waals surface area (Å²) in [7, 11) is 0. The molecule has 2 aromatic rings. The Labute approximate surface area is 119 Å². The second-order valence-corrected chi connectivity index (χ2v) is 4.73. The average molecular weight is 272 g/mol. The van der Waals surface area contributed by atoms with E-state index in [1.165, 1.54) is 11.8 Å². The van der Waals surface area contributed by atoms with Gasteiger partial charge in [-0.05, 0) is 25.3 Å². The molecule has 1 amide bonds. The fraction of sp³-hybridized carbons (Fsp3) is 0.375. The highest BCUT2D eigenvalue weighted by molar-refractivity contribution is 5.92. The van der Waals surface area contributed by atoms with Gasteiger partial charge in [-0.2, -0.15) is 0 Å². The SMILES string of the molecule is CC[C@@H](Cc1ccccc1)N(CC)C(=O)c1ccon1. The van der Waals surface area contributed by atoms with Gasteiger partial charge in [0.15, 0.2) is 5.69 Å². The molecule has 20 heavy (non-hydrogen) atoms. The number of aromatic nitrogens is 1. The molecule has 0 aliphatic rings. The average Bonchev–Trinajstić information content (AvgIpc) is 3.02. The molecule has 1 aromatic heterocycles. The summed E-state index contributed by atoms with van der Waals surface area (Å²) in [6, 6.07) is 12.0. The lowest BCUT2D eigenvalue weighted by Gasteiger charge is -2.29. The van der Waals surface area contributed by atoms with Crippen molar-refractivity contribution < 1.29 is 9.32 Å². The number of carbonyl (C=O) groups excluding carboxylic acids is 1. The number of carbonyl (C=O) groups is 1. The Balaban J connectivity index is 2.13. The quantitative estimate of drug-likeness (QED) is 0.811. The van der Waals surface area contributed by atoms with E-state index in [1.807, 2.05) is 30.0 Å². The van der Waals surface area contributed by atoms with Crippen molar-refractivity contribution in [2.75, 3.05) is 6.54 Å². The Morgan fingerprint density at radius 2 is 2.00 bits per heavy atom. The fourth-order valence-electron chi connectivity index (χ4n) is 2.40. The first kappa shape index (κ1) is 14.3. The van der Waals surface area contributed by atoms with Gasteiger partial charge in [-0.25, -0.2) is 0 Å². The summed E-state index contributed by atoms with van der Waals surface area (Å²) in [6.45, 7) is 4.76. The zero-order valence-electron chi connectivity index (χ0n) is 12.0. The normalized spacial score (nSPS) is 12.1. The first-order valence-corrected chi connectivity index (χ1v) is 7.01. The highest BCUT2D eigenvalue weighted by atomic mass is 16.5. The number of hydrogen-bond donors (Lipinski definition) is 0. The van der Waals surface area contributed by atoms with Crippen LogP contribution in [0.25, 0.3) is 0 Å². The molecule has 1 heterocycles. The molecule has 0 N–H and O–H groups in total. The van der Waals surface area contributed by atoms with Gasteiger partial charge < -0.3 is 9.42 Å². The molecule has 0 spiro atoms. The van der Waals surface area contributed by atoms with Crippen LogP contribution in [0.2, 0.25) is 0 Å². The predicted molar refractivity (Wildman–Crippen MR) is 77.4 cm³/mol. The summed E-state index contributed by atoms with van der Waals surface area (Å²) >= 11 is 0. The Kier molecular flexibility index (Phi) is 4.93. The summed E-state index contributed by atoms with van der Waals surface area (Å²) < 4.78 is 4.76. The number of likely N-dealkylation sites (N-methyl/N-ethyl adjacent to an activating group) is 1. The zero-order valence-corrected chi connectivity index (χ0v) is 12.0. The summed E-state index contributed by atoms with van der Waals surface area (Å²) in [4.78, 5) is 14.3. The summed E-state index contributed by atoms with van der Waals surface area (Å²) in [5.41, 5.74) is 1.61. The molecule has 0 saturated heterocycles. The molecule has 0 saturated carbocycles. The van der Waals surface area contributed by atoms with E-state index < -0.39 is 0 Å². The molecular formula is C16H20N2O2. The highest BCUT2D eigenvalue weighted by Gasteiger charge is 2.24. The van der Waals surface area contributed by atoms with E-state index >= 15 is 0 Å². The summed E-state index contributed by atoms with van der Waals surface area (Å²) in [6.07, 6.45) is 3.19. The van der Waals surface area contributed by atoms with Crippen LogP contribution in [-0.4, -0.2) is 28.6 Å². The van der Waals surface area contributed by atoms with Gasteiger partial charge in [0, 0.05) is 18.7 Å². The lowest BCUT2D eigenvalue weighted by atomic mass is 10.0. The van der Waals surface area contributed by atoms with Crippen LogP contribution in [0.5, 0.6) is 0 Å². The van der Waals surface area contributed by atoms with Crippen molar-refractivity contribution in [3.05, 3.63) is 53.9 Å². The molecule has 1 atom stereocenters. The van der Waals surface area contributed by atoms with Crippen molar-refractivity contribution in [2.24, 2.45) is 0 Å². The second kappa shape index (κ2) is 6.89. The van der Waals surface area contributed by atoms with E-state index in [4.69, 9.17) is 4.52 Å². The third-order valence-corrected chi connectivity index (χ3v) is 3.48. The van der Waals surface area contributed by atoms with Crippen molar-refractivity contribution in [1.82, 2.24) is 10.1 Å². The van der Waals surface area contributed by atoms with Gasteiger partial charge in [0.25, 0.3) is 5.91 Å². The molecule has 4 heteroatoms. The fourth-order valence-corrected chi connectivity index (χ4v) is 2.40. The molecule has 106 valence electrons. The predicted octanol–water partition coefficient (Wildman–Crippen LogP) is 3.16. The molecule has 0 aliphatic carbocycles. The van der Waals surface area contributed by atoms with Crippen molar-refractivity contribution in [3.63, 3.8) is 0 Å². The van der Waals surface area contributed by atoms with Crippen LogP contribution in [0, 0.1) is 0 Å². The van der Waals surface area contributed by atoms with Crippen LogP contribution >= 0.6 is 0 Å². The Hall–Kier alpha value is -2.10. The minimum atomic E-state index is -0.0657. The largest absolute Gasteiger partial charge is 0.364 e. The van der Waals surface area contributed by atoms with Gasteiger partial charge >= 0.3 is 0 Å². The number of benzene rings is 1. The number of hydrogen-bond acceptors (Lipinski definition) is 3. The monoisotopic (exact) mass is 272 g/mol. The maximum Gasteiger partial charge on any atom is 0.276 e. The van der Waals surface area contributed by atoms with Crippen LogP contribution in [0.15, 0.2) is 47.2 Å². The minimum Gasteiger partial charge on any atom is -0.364 e.